The van der Waals surface area contributed by atoms with Gasteiger partial charge in [-0.15, -0.1) is 24.8 Å². The number of nitrogens with zero attached hydrogens (tertiary/aromatic N) is 1. The van der Waals surface area contributed by atoms with Crippen LogP contribution in [0.15, 0.2) is 6.07 Å². The molecule has 0 unspecified atom stereocenters. The van der Waals surface area contributed by atoms with Crippen molar-refractivity contribution in [2.75, 3.05) is 0 Å². The van der Waals surface area contributed by atoms with Crippen molar-refractivity contribution in [3.05, 3.63) is 22.9 Å². The fourth-order valence-electron chi connectivity index (χ4n) is 1.31. The summed E-state index contributed by atoms with van der Waals surface area (Å²) in [6.45, 7) is -0.875. The third-order valence-corrected chi connectivity index (χ3v) is 2.19. The predicted molar refractivity (Wildman–Crippen MR) is 51.4 cm³/mol. The Labute approximate surface area is 103 Å². The molecule has 0 aliphatic rings. The number of hydrogen-bond donors (Lipinski definition) is 1. The van der Waals surface area contributed by atoms with Gasteiger partial charge in [-0.25, -0.2) is 13.8 Å². The Balaban J connectivity index is 3.26. The first-order valence-corrected chi connectivity index (χ1v) is 5.05. The number of aliphatic hydroxyl groups excluding tert-OH is 1. The minimum absolute atomic E-state index is 0.407. The van der Waals surface area contributed by atoms with Crippen LogP contribution >= 0.6 is 11.6 Å². The molecule has 0 atom stereocenters. The molecule has 1 heterocycles. The van der Waals surface area contributed by atoms with Gasteiger partial charge in [0.1, 0.15) is 0 Å². The third-order valence-electron chi connectivity index (χ3n) is 1.94. The van der Waals surface area contributed by atoms with Crippen LogP contribution in [0, 0.1) is 0 Å². The van der Waals surface area contributed by atoms with E-state index >= 15 is 0 Å². The molecular weight excluding hydrogens is 285 g/mol. The second kappa shape index (κ2) is 5.66. The van der Waals surface area contributed by atoms with Gasteiger partial charge in [-0.1, -0.05) is 0 Å². The molecule has 0 aromatic carbocycles. The van der Waals surface area contributed by atoms with Crippen molar-refractivity contribution in [2.45, 2.75) is 25.3 Å². The number of rotatable bonds is 4. The molecule has 9 heteroatoms. The predicted octanol–water partition coefficient (Wildman–Crippen LogP) is 3.15. The number of pyridine rings is 1. The van der Waals surface area contributed by atoms with Crippen LogP contribution in [0.5, 0.6) is 5.88 Å². The summed E-state index contributed by atoms with van der Waals surface area (Å²) in [5.41, 5.74) is -1.55. The number of halogens is 6. The first-order valence-electron chi connectivity index (χ1n) is 4.52. The van der Waals surface area contributed by atoms with E-state index in [1.807, 2.05) is 0 Å². The maximum atomic E-state index is 12.7. The van der Waals surface area contributed by atoms with Crippen LogP contribution in [-0.2, 0) is 12.5 Å². The number of aliphatic hydroxyl groups is 1. The van der Waals surface area contributed by atoms with E-state index in [0.717, 1.165) is 0 Å². The fourth-order valence-corrected chi connectivity index (χ4v) is 1.51. The summed E-state index contributed by atoms with van der Waals surface area (Å²) in [6.07, 6.45) is -8.01. The summed E-state index contributed by atoms with van der Waals surface area (Å²) in [4.78, 5) is 3.24. The molecule has 0 saturated heterocycles. The summed E-state index contributed by atoms with van der Waals surface area (Å²) in [7, 11) is 0. The first-order chi connectivity index (χ1) is 8.28. The zero-order valence-corrected chi connectivity index (χ0v) is 9.40. The normalized spacial score (nSPS) is 12.0. The Hall–Kier alpha value is -1.15. The van der Waals surface area contributed by atoms with Crippen molar-refractivity contribution < 1.29 is 31.8 Å². The standard InChI is InChI=1S/C9H7ClF5NO2/c10-2-5-7(8(11)12)4(3-17)1-6(16-5)18-9(13,14)15/h1,8,17H,2-3H2. The topological polar surface area (TPSA) is 42.4 Å². The van der Waals surface area contributed by atoms with E-state index in [-0.39, 0.29) is 0 Å². The zero-order valence-electron chi connectivity index (χ0n) is 8.64. The van der Waals surface area contributed by atoms with E-state index < -0.39 is 48.0 Å². The van der Waals surface area contributed by atoms with Gasteiger partial charge in [-0.3, -0.25) is 0 Å². The molecule has 0 aliphatic carbocycles. The van der Waals surface area contributed by atoms with Gasteiger partial charge >= 0.3 is 6.36 Å². The Bertz CT molecular complexity index is 399. The maximum absolute atomic E-state index is 12.7. The second-order valence-electron chi connectivity index (χ2n) is 3.12. The average molecular weight is 292 g/mol. The minimum Gasteiger partial charge on any atom is -0.392 e. The summed E-state index contributed by atoms with van der Waals surface area (Å²) >= 11 is 5.33. The Kier molecular flexibility index (Phi) is 4.69. The van der Waals surface area contributed by atoms with E-state index in [4.69, 9.17) is 16.7 Å². The van der Waals surface area contributed by atoms with Gasteiger partial charge in [0.25, 0.3) is 6.43 Å². The lowest BCUT2D eigenvalue weighted by Gasteiger charge is -2.14. The van der Waals surface area contributed by atoms with Crippen molar-refractivity contribution >= 4 is 11.6 Å². The van der Waals surface area contributed by atoms with Gasteiger partial charge in [0.05, 0.1) is 18.2 Å². The third kappa shape index (κ3) is 3.67. The average Bonchev–Trinajstić information content (AvgIpc) is 2.24. The van der Waals surface area contributed by atoms with Gasteiger partial charge in [0.2, 0.25) is 5.88 Å². The van der Waals surface area contributed by atoms with Crippen LogP contribution in [-0.4, -0.2) is 16.5 Å². The lowest BCUT2D eigenvalue weighted by Crippen LogP contribution is -2.19. The first kappa shape index (κ1) is 14.9. The van der Waals surface area contributed by atoms with Crippen molar-refractivity contribution in [1.29, 1.82) is 0 Å². The molecule has 0 aliphatic heterocycles. The Morgan fingerprint density at radius 2 is 2.00 bits per heavy atom. The van der Waals surface area contributed by atoms with Gasteiger partial charge < -0.3 is 9.84 Å². The van der Waals surface area contributed by atoms with Crippen molar-refractivity contribution in [1.82, 2.24) is 4.98 Å². The molecular formula is C9H7ClF5NO2. The quantitative estimate of drug-likeness (QED) is 0.684. The summed E-state index contributed by atoms with van der Waals surface area (Å²) in [5, 5.41) is 8.87. The number of aromatic nitrogens is 1. The van der Waals surface area contributed by atoms with E-state index in [9.17, 15) is 22.0 Å². The Morgan fingerprint density at radius 3 is 2.39 bits per heavy atom. The van der Waals surface area contributed by atoms with Gasteiger partial charge in [-0.05, 0) is 5.56 Å². The lowest BCUT2D eigenvalue weighted by atomic mass is 10.1. The van der Waals surface area contributed by atoms with E-state index in [0.29, 0.717) is 6.07 Å². The highest BCUT2D eigenvalue weighted by atomic mass is 35.5. The molecule has 0 amide bonds. The van der Waals surface area contributed by atoms with Crippen molar-refractivity contribution in [3.8, 4) is 5.88 Å². The molecule has 3 nitrogen and oxygen atoms in total. The van der Waals surface area contributed by atoms with E-state index in [2.05, 4.69) is 9.72 Å². The van der Waals surface area contributed by atoms with Crippen LogP contribution < -0.4 is 4.74 Å². The summed E-state index contributed by atoms with van der Waals surface area (Å²) < 4.78 is 64.7. The number of ether oxygens (including phenoxy) is 1. The highest BCUT2D eigenvalue weighted by Crippen LogP contribution is 2.31. The number of hydrogen-bond acceptors (Lipinski definition) is 3. The molecule has 1 rings (SSSR count). The molecule has 1 aromatic heterocycles. The molecule has 0 spiro atoms. The molecule has 0 radical (unpaired) electrons. The van der Waals surface area contributed by atoms with Crippen molar-refractivity contribution in [3.63, 3.8) is 0 Å². The summed E-state index contributed by atoms with van der Waals surface area (Å²) in [5.74, 6) is -1.46. The molecule has 1 N–H and O–H groups in total. The molecule has 1 aromatic rings. The van der Waals surface area contributed by atoms with Crippen LogP contribution in [0.25, 0.3) is 0 Å². The molecule has 0 fully saturated rings. The monoisotopic (exact) mass is 291 g/mol. The zero-order chi connectivity index (χ0) is 13.9. The van der Waals surface area contributed by atoms with E-state index in [1.165, 1.54) is 0 Å². The van der Waals surface area contributed by atoms with Crippen LogP contribution in [0.1, 0.15) is 23.2 Å². The highest BCUT2D eigenvalue weighted by Gasteiger charge is 2.33. The minimum atomic E-state index is -5.00. The number of alkyl halides is 6. The largest absolute Gasteiger partial charge is 0.574 e. The van der Waals surface area contributed by atoms with Crippen molar-refractivity contribution in [2.24, 2.45) is 0 Å². The highest BCUT2D eigenvalue weighted by molar-refractivity contribution is 6.17. The van der Waals surface area contributed by atoms with E-state index in [1.54, 1.807) is 0 Å². The smallest absolute Gasteiger partial charge is 0.392 e. The van der Waals surface area contributed by atoms with Crippen LogP contribution in [0.3, 0.4) is 0 Å². The summed E-state index contributed by atoms with van der Waals surface area (Å²) in [6, 6.07) is 0.602. The lowest BCUT2D eigenvalue weighted by molar-refractivity contribution is -0.276. The molecule has 18 heavy (non-hydrogen) atoms. The molecule has 102 valence electrons. The molecule has 0 bridgehead atoms. The van der Waals surface area contributed by atoms with Gasteiger partial charge in [0, 0.05) is 11.6 Å². The maximum Gasteiger partial charge on any atom is 0.574 e. The molecule has 0 saturated carbocycles. The van der Waals surface area contributed by atoms with Gasteiger partial charge in [0.15, 0.2) is 0 Å². The van der Waals surface area contributed by atoms with Crippen LogP contribution in [0.4, 0.5) is 22.0 Å². The second-order valence-corrected chi connectivity index (χ2v) is 3.39. The van der Waals surface area contributed by atoms with Gasteiger partial charge in [-0.2, -0.15) is 0 Å². The SMILES string of the molecule is OCc1cc(OC(F)(F)F)nc(CCl)c1C(F)F. The van der Waals surface area contributed by atoms with Crippen LogP contribution in [0.2, 0.25) is 0 Å². The fraction of sp³-hybridized carbons (Fsp3) is 0.444. The Morgan fingerprint density at radius 1 is 1.39 bits per heavy atom.